The third-order valence-electron chi connectivity index (χ3n) is 1.62. The van der Waals surface area contributed by atoms with Gasteiger partial charge in [-0.2, -0.15) is 0 Å². The van der Waals surface area contributed by atoms with Crippen molar-refractivity contribution in [2.45, 2.75) is 13.8 Å². The van der Waals surface area contributed by atoms with Crippen LogP contribution in [0.5, 0.6) is 0 Å². The van der Waals surface area contributed by atoms with E-state index in [2.05, 4.69) is 0 Å². The Morgan fingerprint density at radius 2 is 1.90 bits per heavy atom. The molecule has 0 amide bonds. The van der Waals surface area contributed by atoms with Crippen LogP contribution in [-0.2, 0) is 0 Å². The molecule has 1 aromatic heterocycles. The van der Waals surface area contributed by atoms with E-state index < -0.39 is 0 Å². The molecule has 0 radical (unpaired) electrons. The van der Waals surface area contributed by atoms with Gasteiger partial charge >= 0.3 is 0 Å². The van der Waals surface area contributed by atoms with Crippen LogP contribution in [0.3, 0.4) is 0 Å². The predicted octanol–water partition coefficient (Wildman–Crippen LogP) is -0.113. The van der Waals surface area contributed by atoms with Crippen LogP contribution >= 0.6 is 0 Å². The summed E-state index contributed by atoms with van der Waals surface area (Å²) in [5.41, 5.74) is 7.84. The summed E-state index contributed by atoms with van der Waals surface area (Å²) in [5.74, 6) is 6.07. The van der Waals surface area contributed by atoms with E-state index in [1.807, 2.05) is 26.1 Å². The lowest BCUT2D eigenvalue weighted by molar-refractivity contribution is -0.624. The van der Waals surface area contributed by atoms with Crippen LogP contribution in [0.25, 0.3) is 0 Å². The second kappa shape index (κ2) is 2.17. The summed E-state index contributed by atoms with van der Waals surface area (Å²) in [6, 6.07) is 1.86. The highest BCUT2D eigenvalue weighted by atomic mass is 15.3. The summed E-state index contributed by atoms with van der Waals surface area (Å²) in [6.45, 7) is 4.00. The first kappa shape index (κ1) is 6.86. The van der Waals surface area contributed by atoms with Crippen molar-refractivity contribution in [1.29, 1.82) is 0 Å². The van der Waals surface area contributed by atoms with E-state index in [0.29, 0.717) is 5.82 Å². The average Bonchev–Trinajstić information content (AvgIpc) is 1.84. The average molecular weight is 138 g/mol. The molecule has 1 heterocycles. The normalized spacial score (nSPS) is 9.80. The predicted molar refractivity (Wildman–Crippen MR) is 40.7 cm³/mol. The quantitative estimate of drug-likeness (QED) is 0.388. The lowest BCUT2D eigenvalue weighted by Gasteiger charge is -1.99. The molecule has 0 atom stereocenters. The number of hydrogen-bond acceptors (Lipinski definition) is 2. The third kappa shape index (κ3) is 1.03. The monoisotopic (exact) mass is 138 g/mol. The molecule has 0 bridgehead atoms. The molecule has 3 heteroatoms. The molecule has 0 aliphatic heterocycles. The molecule has 0 saturated heterocycles. The topological polar surface area (TPSA) is 55.9 Å². The SMILES string of the molecule is Cc1cc(N)[n+](N)cc1C. The number of nitrogens with zero attached hydrogens (tertiary/aromatic N) is 1. The Morgan fingerprint density at radius 3 is 2.40 bits per heavy atom. The van der Waals surface area contributed by atoms with E-state index in [4.69, 9.17) is 11.6 Å². The molecular formula is C7H12N3+. The fourth-order valence-corrected chi connectivity index (χ4v) is 0.795. The molecular weight excluding hydrogens is 126 g/mol. The molecule has 1 aromatic rings. The lowest BCUT2D eigenvalue weighted by Crippen LogP contribution is -2.47. The van der Waals surface area contributed by atoms with Crippen molar-refractivity contribution in [3.8, 4) is 0 Å². The highest BCUT2D eigenvalue weighted by Crippen LogP contribution is 2.04. The molecule has 4 N–H and O–H groups in total. The second-order valence-corrected chi connectivity index (χ2v) is 2.47. The molecule has 0 fully saturated rings. The maximum absolute atomic E-state index is 5.53. The minimum atomic E-state index is 0.586. The van der Waals surface area contributed by atoms with Gasteiger partial charge in [0.05, 0.1) is 0 Å². The van der Waals surface area contributed by atoms with Crippen LogP contribution in [0.2, 0.25) is 0 Å². The first-order chi connectivity index (χ1) is 4.61. The van der Waals surface area contributed by atoms with Gasteiger partial charge in [0.25, 0.3) is 5.82 Å². The third-order valence-corrected chi connectivity index (χ3v) is 1.62. The van der Waals surface area contributed by atoms with Gasteiger partial charge in [0.2, 0.25) is 0 Å². The van der Waals surface area contributed by atoms with Gasteiger partial charge in [-0.25, -0.2) is 0 Å². The molecule has 1 rings (SSSR count). The van der Waals surface area contributed by atoms with E-state index in [1.54, 1.807) is 0 Å². The molecule has 0 unspecified atom stereocenters. The summed E-state index contributed by atoms with van der Waals surface area (Å²) >= 11 is 0. The summed E-state index contributed by atoms with van der Waals surface area (Å²) < 4.78 is 1.42. The largest absolute Gasteiger partial charge is 0.295 e. The Morgan fingerprint density at radius 1 is 1.30 bits per heavy atom. The molecule has 0 aromatic carbocycles. The number of rotatable bonds is 0. The second-order valence-electron chi connectivity index (χ2n) is 2.47. The van der Waals surface area contributed by atoms with Crippen molar-refractivity contribution >= 4 is 5.82 Å². The fourth-order valence-electron chi connectivity index (χ4n) is 0.795. The summed E-state index contributed by atoms with van der Waals surface area (Å²) in [7, 11) is 0. The van der Waals surface area contributed by atoms with Crippen LogP contribution < -0.4 is 16.3 Å². The summed E-state index contributed by atoms with van der Waals surface area (Å²) in [4.78, 5) is 0. The van der Waals surface area contributed by atoms with E-state index >= 15 is 0 Å². The number of nitrogens with two attached hydrogens (primary N) is 2. The molecule has 0 saturated carbocycles. The minimum Gasteiger partial charge on any atom is -0.285 e. The maximum Gasteiger partial charge on any atom is 0.295 e. The van der Waals surface area contributed by atoms with Crippen molar-refractivity contribution < 1.29 is 4.68 Å². The summed E-state index contributed by atoms with van der Waals surface area (Å²) in [5, 5.41) is 0. The highest BCUT2D eigenvalue weighted by molar-refractivity contribution is 5.30. The number of aromatic nitrogens is 1. The van der Waals surface area contributed by atoms with E-state index in [-0.39, 0.29) is 0 Å². The van der Waals surface area contributed by atoms with Crippen molar-refractivity contribution in [2.24, 2.45) is 0 Å². The van der Waals surface area contributed by atoms with Gasteiger partial charge < -0.3 is 0 Å². The zero-order valence-electron chi connectivity index (χ0n) is 6.26. The van der Waals surface area contributed by atoms with Crippen LogP contribution in [0.4, 0.5) is 5.82 Å². The van der Waals surface area contributed by atoms with Crippen molar-refractivity contribution in [3.63, 3.8) is 0 Å². The van der Waals surface area contributed by atoms with Gasteiger partial charge in [-0.05, 0) is 25.0 Å². The number of aryl methyl sites for hydroxylation is 2. The van der Waals surface area contributed by atoms with Gasteiger partial charge in [-0.1, -0.05) is 0 Å². The van der Waals surface area contributed by atoms with Crippen molar-refractivity contribution in [3.05, 3.63) is 23.4 Å². The standard InChI is InChI=1S/C7H11N3/c1-5-3-7(8)10(9)4-6(5)2/h3-4,8H,9H2,1-2H3/p+1. The highest BCUT2D eigenvalue weighted by Gasteiger charge is 2.02. The lowest BCUT2D eigenvalue weighted by atomic mass is 10.2. The van der Waals surface area contributed by atoms with Gasteiger partial charge in [0.1, 0.15) is 6.20 Å². The molecule has 0 aliphatic rings. The zero-order chi connectivity index (χ0) is 7.72. The van der Waals surface area contributed by atoms with Crippen molar-refractivity contribution in [2.75, 3.05) is 11.6 Å². The first-order valence-corrected chi connectivity index (χ1v) is 3.14. The number of hydrogen-bond donors (Lipinski definition) is 2. The smallest absolute Gasteiger partial charge is 0.285 e. The zero-order valence-corrected chi connectivity index (χ0v) is 6.26. The van der Waals surface area contributed by atoms with Gasteiger partial charge in [-0.15, -0.1) is 4.68 Å². The fraction of sp³-hybridized carbons (Fsp3) is 0.286. The number of nitrogen functional groups attached to an aromatic ring is 2. The molecule has 3 nitrogen and oxygen atoms in total. The Balaban J connectivity index is 3.28. The van der Waals surface area contributed by atoms with Gasteiger partial charge in [-0.3, -0.25) is 11.6 Å². The van der Waals surface area contributed by atoms with E-state index in [9.17, 15) is 0 Å². The maximum atomic E-state index is 5.53. The Kier molecular flexibility index (Phi) is 1.49. The van der Waals surface area contributed by atoms with Crippen LogP contribution in [0, 0.1) is 13.8 Å². The Hall–Kier alpha value is -1.25. The molecule has 0 aliphatic carbocycles. The number of anilines is 1. The summed E-state index contributed by atoms with van der Waals surface area (Å²) in [6.07, 6.45) is 1.81. The Labute approximate surface area is 60.2 Å². The van der Waals surface area contributed by atoms with Crippen LogP contribution in [0.15, 0.2) is 12.3 Å². The van der Waals surface area contributed by atoms with Crippen LogP contribution in [-0.4, -0.2) is 0 Å². The van der Waals surface area contributed by atoms with Gasteiger partial charge in [0, 0.05) is 6.07 Å². The van der Waals surface area contributed by atoms with Gasteiger partial charge in [0.15, 0.2) is 0 Å². The number of pyridine rings is 1. The first-order valence-electron chi connectivity index (χ1n) is 3.14. The van der Waals surface area contributed by atoms with E-state index in [1.165, 1.54) is 10.2 Å². The minimum absolute atomic E-state index is 0.586. The molecule has 0 spiro atoms. The Bertz CT molecular complexity index is 205. The van der Waals surface area contributed by atoms with Crippen molar-refractivity contribution in [1.82, 2.24) is 0 Å². The molecule has 10 heavy (non-hydrogen) atoms. The van der Waals surface area contributed by atoms with E-state index in [0.717, 1.165) is 5.56 Å². The van der Waals surface area contributed by atoms with Crippen LogP contribution in [0.1, 0.15) is 11.1 Å². The molecule has 54 valence electrons.